The van der Waals surface area contributed by atoms with Gasteiger partial charge in [-0.15, -0.1) is 5.10 Å². The number of hydrogen-bond acceptors (Lipinski definition) is 4. The molecule has 0 fully saturated rings. The van der Waals surface area contributed by atoms with Crippen molar-refractivity contribution in [2.24, 2.45) is 0 Å². The molecule has 0 aliphatic carbocycles. The van der Waals surface area contributed by atoms with Gasteiger partial charge in [0.05, 0.1) is 11.6 Å². The van der Waals surface area contributed by atoms with Crippen molar-refractivity contribution in [2.45, 2.75) is 23.5 Å². The average molecular weight is 325 g/mol. The summed E-state index contributed by atoms with van der Waals surface area (Å²) in [6.07, 6.45) is 0. The van der Waals surface area contributed by atoms with Crippen molar-refractivity contribution in [1.29, 1.82) is 5.26 Å². The van der Waals surface area contributed by atoms with Crippen molar-refractivity contribution in [1.82, 2.24) is 14.8 Å². The van der Waals surface area contributed by atoms with Gasteiger partial charge in [0.15, 0.2) is 5.16 Å². The van der Waals surface area contributed by atoms with Crippen LogP contribution in [0, 0.1) is 11.3 Å². The molecule has 1 heterocycles. The summed E-state index contributed by atoms with van der Waals surface area (Å²) in [7, 11) is 0. The van der Waals surface area contributed by atoms with Crippen molar-refractivity contribution in [2.75, 3.05) is 0 Å². The SMILES string of the molecule is CCn1c(Sc2ccc(C#N)cc2Br)n[nH]c1=O. The maximum Gasteiger partial charge on any atom is 0.343 e. The topological polar surface area (TPSA) is 74.5 Å². The van der Waals surface area contributed by atoms with Gasteiger partial charge in [0.2, 0.25) is 0 Å². The van der Waals surface area contributed by atoms with E-state index < -0.39 is 0 Å². The normalized spacial score (nSPS) is 10.3. The van der Waals surface area contributed by atoms with Gasteiger partial charge in [-0.1, -0.05) is 0 Å². The van der Waals surface area contributed by atoms with E-state index in [1.807, 2.05) is 13.0 Å². The largest absolute Gasteiger partial charge is 0.343 e. The first kappa shape index (κ1) is 12.9. The third-order valence-electron chi connectivity index (χ3n) is 2.30. The molecule has 7 heteroatoms. The van der Waals surface area contributed by atoms with Gasteiger partial charge in [-0.05, 0) is 52.8 Å². The second kappa shape index (κ2) is 5.42. The van der Waals surface area contributed by atoms with Crippen LogP contribution in [-0.2, 0) is 6.54 Å². The first-order valence-corrected chi connectivity index (χ1v) is 6.79. The molecule has 1 aromatic carbocycles. The molecule has 1 aromatic heterocycles. The molecule has 0 radical (unpaired) electrons. The standard InChI is InChI=1S/C11H9BrN4OS/c1-2-16-10(17)14-15-11(16)18-9-4-3-7(6-13)5-8(9)12/h3-5H,2H2,1H3,(H,14,17). The van der Waals surface area contributed by atoms with Gasteiger partial charge >= 0.3 is 5.69 Å². The van der Waals surface area contributed by atoms with E-state index in [2.05, 4.69) is 32.2 Å². The average Bonchev–Trinajstić information content (AvgIpc) is 2.72. The Morgan fingerprint density at radius 1 is 1.61 bits per heavy atom. The number of aromatic amines is 1. The highest BCUT2D eigenvalue weighted by molar-refractivity contribution is 9.10. The quantitative estimate of drug-likeness (QED) is 0.940. The molecule has 92 valence electrons. The van der Waals surface area contributed by atoms with Gasteiger partial charge in [0, 0.05) is 15.9 Å². The zero-order valence-electron chi connectivity index (χ0n) is 9.48. The monoisotopic (exact) mass is 324 g/mol. The highest BCUT2D eigenvalue weighted by Gasteiger charge is 2.10. The summed E-state index contributed by atoms with van der Waals surface area (Å²) < 4.78 is 2.36. The lowest BCUT2D eigenvalue weighted by Crippen LogP contribution is -2.15. The fourth-order valence-corrected chi connectivity index (χ4v) is 2.94. The molecule has 0 aliphatic heterocycles. The molecule has 1 N–H and O–H groups in total. The van der Waals surface area contributed by atoms with E-state index in [1.54, 1.807) is 16.7 Å². The maximum absolute atomic E-state index is 11.4. The summed E-state index contributed by atoms with van der Waals surface area (Å²) in [5, 5.41) is 15.8. The molecule has 0 saturated carbocycles. The summed E-state index contributed by atoms with van der Waals surface area (Å²) >= 11 is 4.77. The number of H-pyrrole nitrogens is 1. The number of nitrogens with one attached hydrogen (secondary N) is 1. The molecule has 0 spiro atoms. The molecule has 0 atom stereocenters. The highest BCUT2D eigenvalue weighted by Crippen LogP contribution is 2.32. The first-order chi connectivity index (χ1) is 8.65. The Bertz CT molecular complexity index is 670. The van der Waals surface area contributed by atoms with E-state index in [0.717, 1.165) is 9.37 Å². The van der Waals surface area contributed by atoms with Crippen molar-refractivity contribution < 1.29 is 0 Å². The Morgan fingerprint density at radius 3 is 3.00 bits per heavy atom. The van der Waals surface area contributed by atoms with Crippen LogP contribution < -0.4 is 5.69 Å². The van der Waals surface area contributed by atoms with E-state index in [-0.39, 0.29) is 5.69 Å². The molecule has 2 aromatic rings. The molecule has 5 nitrogen and oxygen atoms in total. The minimum absolute atomic E-state index is 0.218. The summed E-state index contributed by atoms with van der Waals surface area (Å²) in [5.41, 5.74) is 0.367. The van der Waals surface area contributed by atoms with Crippen LogP contribution >= 0.6 is 27.7 Å². The third kappa shape index (κ3) is 2.49. The van der Waals surface area contributed by atoms with E-state index in [9.17, 15) is 4.79 Å². The van der Waals surface area contributed by atoms with Gasteiger partial charge in [0.25, 0.3) is 0 Å². The molecule has 18 heavy (non-hydrogen) atoms. The Hall–Kier alpha value is -1.52. The van der Waals surface area contributed by atoms with Crippen molar-refractivity contribution in [3.63, 3.8) is 0 Å². The van der Waals surface area contributed by atoms with E-state index >= 15 is 0 Å². The molecular formula is C11H9BrN4OS. The molecule has 0 bridgehead atoms. The van der Waals surface area contributed by atoms with E-state index in [0.29, 0.717) is 17.3 Å². The minimum Gasteiger partial charge on any atom is -0.270 e. The molecule has 0 saturated heterocycles. The van der Waals surface area contributed by atoms with E-state index in [1.165, 1.54) is 11.8 Å². The van der Waals surface area contributed by atoms with Gasteiger partial charge in [-0.25, -0.2) is 9.89 Å². The highest BCUT2D eigenvalue weighted by atomic mass is 79.9. The minimum atomic E-state index is -0.218. The molecular weight excluding hydrogens is 316 g/mol. The van der Waals surface area contributed by atoms with Crippen LogP contribution in [0.1, 0.15) is 12.5 Å². The fourth-order valence-electron chi connectivity index (χ4n) is 1.41. The van der Waals surface area contributed by atoms with Crippen molar-refractivity contribution in [3.8, 4) is 6.07 Å². The number of aromatic nitrogens is 3. The second-order valence-corrected chi connectivity index (χ2v) is 5.28. The lowest BCUT2D eigenvalue weighted by Gasteiger charge is -2.04. The predicted octanol–water partition coefficient (Wildman–Crippen LogP) is 2.38. The summed E-state index contributed by atoms with van der Waals surface area (Å²) in [6.45, 7) is 2.44. The number of nitriles is 1. The van der Waals surface area contributed by atoms with Gasteiger partial charge in [0.1, 0.15) is 0 Å². The van der Waals surface area contributed by atoms with Crippen molar-refractivity contribution >= 4 is 27.7 Å². The Kier molecular flexibility index (Phi) is 3.89. The fraction of sp³-hybridized carbons (Fsp3) is 0.182. The van der Waals surface area contributed by atoms with Gasteiger partial charge in [-0.3, -0.25) is 4.57 Å². The molecule has 0 amide bonds. The number of halogens is 1. The van der Waals surface area contributed by atoms with Crippen LogP contribution in [0.5, 0.6) is 0 Å². The lowest BCUT2D eigenvalue weighted by molar-refractivity contribution is 0.660. The summed E-state index contributed by atoms with van der Waals surface area (Å²) in [6, 6.07) is 7.36. The van der Waals surface area contributed by atoms with Gasteiger partial charge in [-0.2, -0.15) is 5.26 Å². The lowest BCUT2D eigenvalue weighted by atomic mass is 10.2. The predicted molar refractivity (Wildman–Crippen MR) is 71.5 cm³/mol. The van der Waals surface area contributed by atoms with Gasteiger partial charge < -0.3 is 0 Å². The van der Waals surface area contributed by atoms with E-state index in [4.69, 9.17) is 5.26 Å². The number of rotatable bonds is 3. The van der Waals surface area contributed by atoms with Crippen molar-refractivity contribution in [3.05, 3.63) is 38.7 Å². The number of nitrogens with zero attached hydrogens (tertiary/aromatic N) is 3. The Balaban J connectivity index is 2.35. The zero-order valence-corrected chi connectivity index (χ0v) is 11.9. The van der Waals surface area contributed by atoms with Crippen LogP contribution in [0.4, 0.5) is 0 Å². The maximum atomic E-state index is 11.4. The van der Waals surface area contributed by atoms with Crippen LogP contribution in [0.2, 0.25) is 0 Å². The first-order valence-electron chi connectivity index (χ1n) is 5.18. The molecule has 0 aliphatic rings. The number of benzene rings is 1. The summed E-state index contributed by atoms with van der Waals surface area (Å²) in [5.74, 6) is 0. The van der Waals surface area contributed by atoms with Crippen LogP contribution in [0.15, 0.2) is 37.5 Å². The van der Waals surface area contributed by atoms with Crippen LogP contribution in [0.3, 0.4) is 0 Å². The van der Waals surface area contributed by atoms with Crippen LogP contribution in [-0.4, -0.2) is 14.8 Å². The third-order valence-corrected chi connectivity index (χ3v) is 4.29. The molecule has 0 unspecified atom stereocenters. The van der Waals surface area contributed by atoms with Crippen LogP contribution in [0.25, 0.3) is 0 Å². The number of hydrogen-bond donors (Lipinski definition) is 1. The smallest absolute Gasteiger partial charge is 0.270 e. The second-order valence-electron chi connectivity index (χ2n) is 3.41. The Morgan fingerprint density at radius 2 is 2.39 bits per heavy atom. The Labute approximate surface area is 116 Å². The zero-order chi connectivity index (χ0) is 13.1. The molecule has 2 rings (SSSR count). The summed E-state index contributed by atoms with van der Waals surface area (Å²) in [4.78, 5) is 12.3.